The first kappa shape index (κ1) is 26.1. The van der Waals surface area contributed by atoms with E-state index >= 15 is 0 Å². The van der Waals surface area contributed by atoms with Gasteiger partial charge in [0.1, 0.15) is 0 Å². The number of fused-ring (bicyclic) bond motifs is 1. The molecule has 9 nitrogen and oxygen atoms in total. The third kappa shape index (κ3) is 5.88. The number of rotatable bonds is 10. The van der Waals surface area contributed by atoms with E-state index in [0.717, 1.165) is 38.0 Å². The van der Waals surface area contributed by atoms with Crippen LogP contribution in [-0.2, 0) is 22.9 Å². The second kappa shape index (κ2) is 11.4. The molecule has 2 heterocycles. The van der Waals surface area contributed by atoms with Gasteiger partial charge in [-0.05, 0) is 74.2 Å². The maximum Gasteiger partial charge on any atom is 0.337 e. The van der Waals surface area contributed by atoms with Crippen molar-refractivity contribution in [1.29, 1.82) is 0 Å². The molecule has 2 aromatic rings. The molecule has 2 aliphatic rings. The molecule has 0 bridgehead atoms. The molecule has 0 aromatic heterocycles. The number of urea groups is 1. The van der Waals surface area contributed by atoms with Gasteiger partial charge in [-0.25, -0.2) is 22.7 Å². The Bertz CT molecular complexity index is 1220. The highest BCUT2D eigenvalue weighted by Crippen LogP contribution is 2.33. The normalized spacial score (nSPS) is 18.2. The van der Waals surface area contributed by atoms with Crippen LogP contribution in [0.3, 0.4) is 0 Å². The molecule has 0 radical (unpaired) electrons. The van der Waals surface area contributed by atoms with Crippen molar-refractivity contribution < 1.29 is 23.1 Å². The summed E-state index contributed by atoms with van der Waals surface area (Å²) in [6, 6.07) is 11.9. The van der Waals surface area contributed by atoms with Crippen LogP contribution < -0.4 is 19.8 Å². The van der Waals surface area contributed by atoms with Gasteiger partial charge in [-0.1, -0.05) is 31.5 Å². The Morgan fingerprint density at radius 2 is 1.89 bits per heavy atom. The van der Waals surface area contributed by atoms with E-state index in [0.29, 0.717) is 18.5 Å². The number of carbonyl (C=O) groups is 2. The summed E-state index contributed by atoms with van der Waals surface area (Å²) in [6.07, 6.45) is 3.56. The summed E-state index contributed by atoms with van der Waals surface area (Å²) in [5.74, 6) is -1.03. The molecule has 1 fully saturated rings. The average Bonchev–Trinajstić information content (AvgIpc) is 3.02. The fraction of sp³-hybridized carbons (Fsp3) is 0.462. The lowest BCUT2D eigenvalue weighted by Gasteiger charge is -2.25. The van der Waals surface area contributed by atoms with Gasteiger partial charge < -0.3 is 10.4 Å². The summed E-state index contributed by atoms with van der Waals surface area (Å²) in [7, 11) is -3.38. The van der Waals surface area contributed by atoms with Gasteiger partial charge in [0.25, 0.3) is 0 Å². The van der Waals surface area contributed by atoms with E-state index in [1.165, 1.54) is 22.1 Å². The van der Waals surface area contributed by atoms with Gasteiger partial charge in [-0.15, -0.1) is 0 Å². The van der Waals surface area contributed by atoms with Gasteiger partial charge in [-0.2, -0.15) is 0 Å². The Morgan fingerprint density at radius 1 is 1.14 bits per heavy atom. The summed E-state index contributed by atoms with van der Waals surface area (Å²) < 4.78 is 27.3. The predicted octanol–water partition coefficient (Wildman–Crippen LogP) is 3.00. The van der Waals surface area contributed by atoms with Crippen LogP contribution in [0.25, 0.3) is 0 Å². The molecule has 10 heteroatoms. The summed E-state index contributed by atoms with van der Waals surface area (Å²) in [5, 5.41) is 13.1. The molecule has 194 valence electrons. The second-order valence-corrected chi connectivity index (χ2v) is 11.2. The fourth-order valence-corrected chi connectivity index (χ4v) is 6.13. The van der Waals surface area contributed by atoms with Crippen LogP contribution in [0.2, 0.25) is 0 Å². The van der Waals surface area contributed by atoms with Crippen LogP contribution >= 0.6 is 0 Å². The van der Waals surface area contributed by atoms with Crippen LogP contribution in [-0.4, -0.2) is 63.5 Å². The second-order valence-electron chi connectivity index (χ2n) is 9.30. The first-order chi connectivity index (χ1) is 17.3. The highest BCUT2D eigenvalue weighted by Gasteiger charge is 2.40. The van der Waals surface area contributed by atoms with Crippen molar-refractivity contribution in [3.63, 3.8) is 0 Å². The van der Waals surface area contributed by atoms with Crippen molar-refractivity contribution in [2.24, 2.45) is 0 Å². The molecular formula is C26H34N4O5S. The molecular weight excluding hydrogens is 480 g/mol. The number of carboxylic acid groups (broad SMARTS) is 1. The van der Waals surface area contributed by atoms with Crippen molar-refractivity contribution in [3.8, 4) is 0 Å². The van der Waals surface area contributed by atoms with E-state index in [1.54, 1.807) is 23.1 Å². The Labute approximate surface area is 212 Å². The van der Waals surface area contributed by atoms with Crippen molar-refractivity contribution in [1.82, 2.24) is 10.0 Å². The number of benzene rings is 2. The highest BCUT2D eigenvalue weighted by molar-refractivity contribution is 7.89. The van der Waals surface area contributed by atoms with E-state index in [2.05, 4.69) is 16.1 Å². The lowest BCUT2D eigenvalue weighted by molar-refractivity contribution is 0.0697. The van der Waals surface area contributed by atoms with Crippen LogP contribution in [0.4, 0.5) is 16.2 Å². The number of nitrogens with one attached hydrogen (secondary N) is 2. The maximum absolute atomic E-state index is 13.7. The summed E-state index contributed by atoms with van der Waals surface area (Å²) in [6.45, 7) is 4.18. The molecule has 36 heavy (non-hydrogen) atoms. The standard InChI is InChI=1S/C26H34N4O5S/c1-2-3-16-36(34,35)28-15-12-22-18-29(24-7-5-4-6-23(24)25(31)32)26(33)30(22)21-9-8-19-10-13-27-14-11-20(19)17-21/h4-9,17,22,27-28H,2-3,10-16,18H2,1H3,(H,31,32). The lowest BCUT2D eigenvalue weighted by Crippen LogP contribution is -2.38. The number of hydrogen-bond donors (Lipinski definition) is 3. The lowest BCUT2D eigenvalue weighted by atomic mass is 10.0. The zero-order valence-electron chi connectivity index (χ0n) is 20.6. The molecule has 2 amide bonds. The minimum atomic E-state index is -3.38. The quantitative estimate of drug-likeness (QED) is 0.449. The number of hydrogen-bond acceptors (Lipinski definition) is 5. The van der Waals surface area contributed by atoms with Gasteiger partial charge in [0.15, 0.2) is 0 Å². The number of sulfonamides is 1. The monoisotopic (exact) mass is 514 g/mol. The van der Waals surface area contributed by atoms with Gasteiger partial charge in [0, 0.05) is 18.8 Å². The molecule has 2 aromatic carbocycles. The van der Waals surface area contributed by atoms with Crippen LogP contribution in [0.15, 0.2) is 42.5 Å². The molecule has 0 spiro atoms. The van der Waals surface area contributed by atoms with Gasteiger partial charge >= 0.3 is 12.0 Å². The Morgan fingerprint density at radius 3 is 2.64 bits per heavy atom. The SMILES string of the molecule is CCCCS(=O)(=O)NCCC1CN(c2ccccc2C(=O)O)C(=O)N1c1ccc2c(c1)CCNCC2. The van der Waals surface area contributed by atoms with Crippen LogP contribution in [0.1, 0.15) is 47.7 Å². The Balaban J connectivity index is 1.63. The Kier molecular flexibility index (Phi) is 8.28. The number of carbonyl (C=O) groups excluding carboxylic acids is 1. The van der Waals surface area contributed by atoms with Gasteiger partial charge in [0.2, 0.25) is 10.0 Å². The van der Waals surface area contributed by atoms with E-state index < -0.39 is 16.0 Å². The number of para-hydroxylation sites is 1. The number of aromatic carboxylic acids is 1. The van der Waals surface area contributed by atoms with Crippen molar-refractivity contribution in [2.45, 2.75) is 45.1 Å². The first-order valence-electron chi connectivity index (χ1n) is 12.5. The summed E-state index contributed by atoms with van der Waals surface area (Å²) in [5.41, 5.74) is 3.58. The van der Waals surface area contributed by atoms with E-state index in [1.807, 2.05) is 19.1 Å². The smallest absolute Gasteiger partial charge is 0.337 e. The topological polar surface area (TPSA) is 119 Å². The number of amides is 2. The Hall–Kier alpha value is -2.95. The fourth-order valence-electron chi connectivity index (χ4n) is 4.89. The molecule has 4 rings (SSSR count). The molecule has 3 N–H and O–H groups in total. The van der Waals surface area contributed by atoms with Crippen molar-refractivity contribution in [2.75, 3.05) is 41.7 Å². The molecule has 0 aliphatic carbocycles. The molecule has 1 saturated heterocycles. The molecule has 2 aliphatic heterocycles. The van der Waals surface area contributed by atoms with Gasteiger partial charge in [0.05, 0.1) is 23.0 Å². The number of carboxylic acids is 1. The molecule has 1 atom stereocenters. The first-order valence-corrected chi connectivity index (χ1v) is 14.2. The van der Waals surface area contributed by atoms with Crippen molar-refractivity contribution in [3.05, 3.63) is 59.2 Å². The van der Waals surface area contributed by atoms with Crippen molar-refractivity contribution >= 4 is 33.4 Å². The molecule has 1 unspecified atom stereocenters. The minimum absolute atomic E-state index is 0.0553. The van der Waals surface area contributed by atoms with Crippen LogP contribution in [0, 0.1) is 0 Å². The zero-order valence-corrected chi connectivity index (χ0v) is 21.4. The zero-order chi connectivity index (χ0) is 25.7. The van der Waals surface area contributed by atoms with E-state index in [9.17, 15) is 23.1 Å². The highest BCUT2D eigenvalue weighted by atomic mass is 32.2. The third-order valence-electron chi connectivity index (χ3n) is 6.80. The minimum Gasteiger partial charge on any atom is -0.478 e. The summed E-state index contributed by atoms with van der Waals surface area (Å²) >= 11 is 0. The van der Waals surface area contributed by atoms with Crippen LogP contribution in [0.5, 0.6) is 0 Å². The van der Waals surface area contributed by atoms with E-state index in [-0.39, 0.29) is 36.5 Å². The number of unbranched alkanes of at least 4 members (excludes halogenated alkanes) is 1. The number of nitrogens with zero attached hydrogens (tertiary/aromatic N) is 2. The van der Waals surface area contributed by atoms with Gasteiger partial charge in [-0.3, -0.25) is 9.80 Å². The summed E-state index contributed by atoms with van der Waals surface area (Å²) in [4.78, 5) is 28.8. The number of anilines is 2. The largest absolute Gasteiger partial charge is 0.478 e. The van der Waals surface area contributed by atoms with E-state index in [4.69, 9.17) is 0 Å². The third-order valence-corrected chi connectivity index (χ3v) is 8.27. The maximum atomic E-state index is 13.7. The average molecular weight is 515 g/mol. The predicted molar refractivity (Wildman–Crippen MR) is 140 cm³/mol. The molecule has 0 saturated carbocycles.